The standard InChI is InChI=1S/C12H15N/c1-3-10-7-11(4-2)9-12(8-10)5-6-13/h7-9H,3-5H2,1-2H3. The highest BCUT2D eigenvalue weighted by atomic mass is 14.2. The lowest BCUT2D eigenvalue weighted by molar-refractivity contribution is 1.06. The van der Waals surface area contributed by atoms with Crippen molar-refractivity contribution in [2.45, 2.75) is 33.1 Å². The molecule has 1 aromatic carbocycles. The minimum atomic E-state index is 0.529. The molecule has 0 amide bonds. The Morgan fingerprint density at radius 1 is 1.00 bits per heavy atom. The van der Waals surface area contributed by atoms with Gasteiger partial charge in [0.05, 0.1) is 12.5 Å². The maximum Gasteiger partial charge on any atom is 0.0669 e. The van der Waals surface area contributed by atoms with E-state index < -0.39 is 0 Å². The summed E-state index contributed by atoms with van der Waals surface area (Å²) >= 11 is 0. The second-order valence-electron chi connectivity index (χ2n) is 3.20. The summed E-state index contributed by atoms with van der Waals surface area (Å²) in [6.45, 7) is 4.29. The first-order valence-electron chi connectivity index (χ1n) is 4.78. The van der Waals surface area contributed by atoms with E-state index in [0.29, 0.717) is 6.42 Å². The van der Waals surface area contributed by atoms with Gasteiger partial charge in [-0.25, -0.2) is 0 Å². The van der Waals surface area contributed by atoms with E-state index in [-0.39, 0.29) is 0 Å². The summed E-state index contributed by atoms with van der Waals surface area (Å²) in [4.78, 5) is 0. The summed E-state index contributed by atoms with van der Waals surface area (Å²) in [6, 6.07) is 8.66. The van der Waals surface area contributed by atoms with Crippen LogP contribution in [0.3, 0.4) is 0 Å². The number of benzene rings is 1. The Hall–Kier alpha value is -1.29. The fourth-order valence-electron chi connectivity index (χ4n) is 1.44. The van der Waals surface area contributed by atoms with Crippen LogP contribution in [0.4, 0.5) is 0 Å². The third kappa shape index (κ3) is 2.59. The maximum absolute atomic E-state index is 8.60. The minimum Gasteiger partial charge on any atom is -0.198 e. The van der Waals surface area contributed by atoms with Crippen LogP contribution in [0.15, 0.2) is 18.2 Å². The quantitative estimate of drug-likeness (QED) is 0.689. The second kappa shape index (κ2) is 4.67. The van der Waals surface area contributed by atoms with Crippen molar-refractivity contribution in [1.82, 2.24) is 0 Å². The normalized spacial score (nSPS) is 9.62. The van der Waals surface area contributed by atoms with E-state index >= 15 is 0 Å². The van der Waals surface area contributed by atoms with Crippen LogP contribution in [-0.2, 0) is 19.3 Å². The van der Waals surface area contributed by atoms with Crippen molar-refractivity contribution in [3.63, 3.8) is 0 Å². The molecule has 0 aliphatic rings. The molecule has 0 bridgehead atoms. The number of rotatable bonds is 3. The Morgan fingerprint density at radius 3 is 1.85 bits per heavy atom. The van der Waals surface area contributed by atoms with Crippen LogP contribution >= 0.6 is 0 Å². The molecule has 0 aliphatic heterocycles. The van der Waals surface area contributed by atoms with Gasteiger partial charge in [-0.1, -0.05) is 32.0 Å². The molecular formula is C12H15N. The van der Waals surface area contributed by atoms with Gasteiger partial charge in [-0.3, -0.25) is 0 Å². The average Bonchev–Trinajstić information content (AvgIpc) is 2.17. The van der Waals surface area contributed by atoms with Gasteiger partial charge >= 0.3 is 0 Å². The van der Waals surface area contributed by atoms with Crippen LogP contribution in [0.1, 0.15) is 30.5 Å². The molecule has 1 aromatic rings. The number of nitrogens with zero attached hydrogens (tertiary/aromatic N) is 1. The van der Waals surface area contributed by atoms with E-state index in [2.05, 4.69) is 38.1 Å². The number of nitriles is 1. The molecule has 0 unspecified atom stereocenters. The fraction of sp³-hybridized carbons (Fsp3) is 0.417. The van der Waals surface area contributed by atoms with Crippen molar-refractivity contribution >= 4 is 0 Å². The van der Waals surface area contributed by atoms with Gasteiger partial charge in [-0.15, -0.1) is 0 Å². The maximum atomic E-state index is 8.60. The molecule has 1 heteroatoms. The largest absolute Gasteiger partial charge is 0.198 e. The van der Waals surface area contributed by atoms with Crippen molar-refractivity contribution in [2.24, 2.45) is 0 Å². The zero-order valence-electron chi connectivity index (χ0n) is 8.30. The van der Waals surface area contributed by atoms with Crippen LogP contribution < -0.4 is 0 Å². The van der Waals surface area contributed by atoms with Crippen LogP contribution in [-0.4, -0.2) is 0 Å². The van der Waals surface area contributed by atoms with Crippen LogP contribution in [0.5, 0.6) is 0 Å². The van der Waals surface area contributed by atoms with E-state index in [4.69, 9.17) is 5.26 Å². The molecule has 0 aromatic heterocycles. The van der Waals surface area contributed by atoms with Gasteiger partial charge in [-0.2, -0.15) is 5.26 Å². The molecule has 0 heterocycles. The topological polar surface area (TPSA) is 23.8 Å². The molecule has 0 fully saturated rings. The van der Waals surface area contributed by atoms with E-state index in [1.165, 1.54) is 11.1 Å². The van der Waals surface area contributed by atoms with Crippen molar-refractivity contribution in [1.29, 1.82) is 5.26 Å². The zero-order valence-corrected chi connectivity index (χ0v) is 8.30. The van der Waals surface area contributed by atoms with Crippen LogP contribution in [0, 0.1) is 11.3 Å². The SMILES string of the molecule is CCc1cc(CC)cc(CC#N)c1. The lowest BCUT2D eigenvalue weighted by Crippen LogP contribution is -1.90. The van der Waals surface area contributed by atoms with Crippen molar-refractivity contribution in [3.05, 3.63) is 34.9 Å². The molecule has 0 aliphatic carbocycles. The van der Waals surface area contributed by atoms with Gasteiger partial charge in [-0.05, 0) is 29.5 Å². The van der Waals surface area contributed by atoms with Gasteiger partial charge in [0, 0.05) is 0 Å². The molecule has 0 saturated heterocycles. The van der Waals surface area contributed by atoms with Crippen LogP contribution in [0.2, 0.25) is 0 Å². The smallest absolute Gasteiger partial charge is 0.0669 e. The molecule has 0 spiro atoms. The predicted octanol–water partition coefficient (Wildman–Crippen LogP) is 2.88. The Morgan fingerprint density at radius 2 is 1.46 bits per heavy atom. The monoisotopic (exact) mass is 173 g/mol. The van der Waals surface area contributed by atoms with Gasteiger partial charge in [0.15, 0.2) is 0 Å². The molecule has 1 nitrogen and oxygen atoms in total. The van der Waals surface area contributed by atoms with E-state index in [1.54, 1.807) is 0 Å². The summed E-state index contributed by atoms with van der Waals surface area (Å²) in [5.41, 5.74) is 3.83. The third-order valence-corrected chi connectivity index (χ3v) is 2.21. The predicted molar refractivity (Wildman–Crippen MR) is 54.5 cm³/mol. The van der Waals surface area contributed by atoms with Gasteiger partial charge in [0.2, 0.25) is 0 Å². The number of hydrogen-bond acceptors (Lipinski definition) is 1. The summed E-state index contributed by atoms with van der Waals surface area (Å²) in [7, 11) is 0. The highest BCUT2D eigenvalue weighted by Crippen LogP contribution is 2.12. The van der Waals surface area contributed by atoms with Crippen molar-refractivity contribution < 1.29 is 0 Å². The van der Waals surface area contributed by atoms with Crippen molar-refractivity contribution in [2.75, 3.05) is 0 Å². The van der Waals surface area contributed by atoms with E-state index in [0.717, 1.165) is 18.4 Å². The molecule has 68 valence electrons. The van der Waals surface area contributed by atoms with Gasteiger partial charge in [0.25, 0.3) is 0 Å². The number of aryl methyl sites for hydroxylation is 2. The molecule has 0 radical (unpaired) electrons. The second-order valence-corrected chi connectivity index (χ2v) is 3.20. The summed E-state index contributed by atoms with van der Waals surface area (Å²) in [5, 5.41) is 8.60. The Balaban J connectivity index is 3.01. The highest BCUT2D eigenvalue weighted by Gasteiger charge is 1.98. The Bertz CT molecular complexity index is 298. The first-order valence-corrected chi connectivity index (χ1v) is 4.78. The van der Waals surface area contributed by atoms with Crippen LogP contribution in [0.25, 0.3) is 0 Å². The van der Waals surface area contributed by atoms with Gasteiger partial charge < -0.3 is 0 Å². The Kier molecular flexibility index (Phi) is 3.52. The van der Waals surface area contributed by atoms with Gasteiger partial charge in [0.1, 0.15) is 0 Å². The molecule has 0 saturated carbocycles. The first kappa shape index (κ1) is 9.80. The van der Waals surface area contributed by atoms with E-state index in [1.807, 2.05) is 0 Å². The lowest BCUT2D eigenvalue weighted by Gasteiger charge is -2.04. The molecular weight excluding hydrogens is 158 g/mol. The summed E-state index contributed by atoms with van der Waals surface area (Å²) in [6.07, 6.45) is 2.62. The van der Waals surface area contributed by atoms with E-state index in [9.17, 15) is 0 Å². The molecule has 0 atom stereocenters. The molecule has 1 rings (SSSR count). The highest BCUT2D eigenvalue weighted by molar-refractivity contribution is 5.31. The minimum absolute atomic E-state index is 0.529. The first-order chi connectivity index (χ1) is 6.30. The van der Waals surface area contributed by atoms with Crippen molar-refractivity contribution in [3.8, 4) is 6.07 Å². The average molecular weight is 173 g/mol. The number of hydrogen-bond donors (Lipinski definition) is 0. The Labute approximate surface area is 80.0 Å². The molecule has 13 heavy (non-hydrogen) atoms. The zero-order chi connectivity index (χ0) is 9.68. The summed E-state index contributed by atoms with van der Waals surface area (Å²) in [5.74, 6) is 0. The summed E-state index contributed by atoms with van der Waals surface area (Å²) < 4.78 is 0. The third-order valence-electron chi connectivity index (χ3n) is 2.21. The lowest BCUT2D eigenvalue weighted by atomic mass is 10.0. The fourth-order valence-corrected chi connectivity index (χ4v) is 1.44. The molecule has 0 N–H and O–H groups in total.